The van der Waals surface area contributed by atoms with E-state index in [1.807, 2.05) is 35.2 Å². The molecule has 0 aliphatic carbocycles. The quantitative estimate of drug-likeness (QED) is 0.492. The van der Waals surface area contributed by atoms with E-state index in [1.54, 1.807) is 12.3 Å². The Morgan fingerprint density at radius 1 is 1.03 bits per heavy atom. The minimum absolute atomic E-state index is 0.00634. The first-order valence-electron chi connectivity index (χ1n) is 10.2. The van der Waals surface area contributed by atoms with Crippen LogP contribution >= 0.6 is 0 Å². The van der Waals surface area contributed by atoms with Gasteiger partial charge in [0.1, 0.15) is 11.5 Å². The van der Waals surface area contributed by atoms with Gasteiger partial charge in [0.15, 0.2) is 0 Å². The zero-order valence-electron chi connectivity index (χ0n) is 16.5. The van der Waals surface area contributed by atoms with E-state index in [4.69, 9.17) is 0 Å². The predicted octanol–water partition coefficient (Wildman–Crippen LogP) is 4.85. The smallest absolute Gasteiger partial charge is 0.272 e. The Morgan fingerprint density at radius 2 is 1.83 bits per heavy atom. The van der Waals surface area contributed by atoms with Crippen molar-refractivity contribution in [3.63, 3.8) is 0 Å². The second kappa shape index (κ2) is 7.75. The number of benzene rings is 2. The van der Waals surface area contributed by atoms with E-state index in [0.29, 0.717) is 18.8 Å². The van der Waals surface area contributed by atoms with Gasteiger partial charge in [0.25, 0.3) is 5.91 Å². The van der Waals surface area contributed by atoms with Gasteiger partial charge < -0.3 is 9.47 Å². The number of rotatable bonds is 4. The standard InChI is InChI=1S/C25H22FN3O/c26-20-10-8-18(9-11-20)15-29-17-22(21-5-1-2-7-24(21)29)19-12-14-28(16-19)25(30)23-6-3-4-13-27-23/h1-11,13,17,19H,12,14-16H2. The zero-order valence-corrected chi connectivity index (χ0v) is 16.5. The second-order valence-electron chi connectivity index (χ2n) is 7.81. The van der Waals surface area contributed by atoms with Crippen molar-refractivity contribution in [1.82, 2.24) is 14.5 Å². The van der Waals surface area contributed by atoms with Crippen molar-refractivity contribution in [2.45, 2.75) is 18.9 Å². The number of carbonyl (C=O) groups excluding carboxylic acids is 1. The molecule has 0 radical (unpaired) electrons. The summed E-state index contributed by atoms with van der Waals surface area (Å²) in [4.78, 5) is 18.9. The molecule has 5 heteroatoms. The molecule has 30 heavy (non-hydrogen) atoms. The van der Waals surface area contributed by atoms with Crippen LogP contribution in [0.5, 0.6) is 0 Å². The highest BCUT2D eigenvalue weighted by Crippen LogP contribution is 2.34. The molecular weight excluding hydrogens is 377 g/mol. The number of hydrogen-bond donors (Lipinski definition) is 0. The highest BCUT2D eigenvalue weighted by molar-refractivity contribution is 5.92. The first-order valence-corrected chi connectivity index (χ1v) is 10.2. The van der Waals surface area contributed by atoms with Crippen LogP contribution in [0.15, 0.2) is 79.1 Å². The molecule has 0 N–H and O–H groups in total. The van der Waals surface area contributed by atoms with E-state index in [9.17, 15) is 9.18 Å². The lowest BCUT2D eigenvalue weighted by Crippen LogP contribution is -2.29. The van der Waals surface area contributed by atoms with Crippen LogP contribution in [0.3, 0.4) is 0 Å². The first-order chi connectivity index (χ1) is 14.7. The first kappa shape index (κ1) is 18.6. The van der Waals surface area contributed by atoms with Crippen LogP contribution in [-0.4, -0.2) is 33.4 Å². The summed E-state index contributed by atoms with van der Waals surface area (Å²) >= 11 is 0. The zero-order chi connectivity index (χ0) is 20.5. The Bertz CT molecular complexity index is 1180. The molecule has 2 aromatic heterocycles. The maximum absolute atomic E-state index is 13.3. The van der Waals surface area contributed by atoms with Crippen LogP contribution < -0.4 is 0 Å². The number of likely N-dealkylation sites (tertiary alicyclic amines) is 1. The maximum atomic E-state index is 13.3. The molecule has 2 aromatic carbocycles. The second-order valence-corrected chi connectivity index (χ2v) is 7.81. The summed E-state index contributed by atoms with van der Waals surface area (Å²) < 4.78 is 15.5. The Labute approximate surface area is 174 Å². The molecule has 1 unspecified atom stereocenters. The molecular formula is C25H22FN3O. The van der Waals surface area contributed by atoms with Crippen LogP contribution in [0.4, 0.5) is 4.39 Å². The Balaban J connectivity index is 1.42. The summed E-state index contributed by atoms with van der Waals surface area (Å²) in [6.45, 7) is 2.11. The van der Waals surface area contributed by atoms with Gasteiger partial charge in [0, 0.05) is 48.8 Å². The fourth-order valence-electron chi connectivity index (χ4n) is 4.37. The molecule has 150 valence electrons. The SMILES string of the molecule is O=C(c1ccccn1)N1CCC(c2cn(Cc3ccc(F)cc3)c3ccccc23)C1. The van der Waals surface area contributed by atoms with Crippen molar-refractivity contribution in [2.24, 2.45) is 0 Å². The molecule has 5 rings (SSSR count). The molecule has 1 amide bonds. The molecule has 0 saturated carbocycles. The number of para-hydroxylation sites is 1. The van der Waals surface area contributed by atoms with Crippen molar-refractivity contribution in [1.29, 1.82) is 0 Å². The fraction of sp³-hybridized carbons (Fsp3) is 0.200. The van der Waals surface area contributed by atoms with E-state index < -0.39 is 0 Å². The normalized spacial score (nSPS) is 16.3. The summed E-state index contributed by atoms with van der Waals surface area (Å²) in [6, 6.07) is 20.4. The Kier molecular flexibility index (Phi) is 4.79. The van der Waals surface area contributed by atoms with E-state index >= 15 is 0 Å². The number of amides is 1. The number of aromatic nitrogens is 2. The molecule has 3 heterocycles. The van der Waals surface area contributed by atoms with Crippen LogP contribution in [0.25, 0.3) is 10.9 Å². The van der Waals surface area contributed by atoms with Crippen molar-refractivity contribution in [3.05, 3.63) is 102 Å². The number of fused-ring (bicyclic) bond motifs is 1. The third-order valence-electron chi connectivity index (χ3n) is 5.88. The van der Waals surface area contributed by atoms with Gasteiger partial charge in [-0.05, 0) is 47.9 Å². The lowest BCUT2D eigenvalue weighted by molar-refractivity contribution is 0.0785. The van der Waals surface area contributed by atoms with E-state index in [1.165, 1.54) is 23.1 Å². The fourth-order valence-corrected chi connectivity index (χ4v) is 4.37. The lowest BCUT2D eigenvalue weighted by Gasteiger charge is -2.16. The minimum Gasteiger partial charge on any atom is -0.343 e. The van der Waals surface area contributed by atoms with Crippen molar-refractivity contribution in [3.8, 4) is 0 Å². The highest BCUT2D eigenvalue weighted by atomic mass is 19.1. The Hall–Kier alpha value is -3.47. The van der Waals surface area contributed by atoms with Gasteiger partial charge >= 0.3 is 0 Å². The molecule has 4 nitrogen and oxygen atoms in total. The summed E-state index contributed by atoms with van der Waals surface area (Å²) in [7, 11) is 0. The number of carbonyl (C=O) groups is 1. The monoisotopic (exact) mass is 399 g/mol. The van der Waals surface area contributed by atoms with Gasteiger partial charge in [-0.15, -0.1) is 0 Å². The van der Waals surface area contributed by atoms with E-state index in [2.05, 4.69) is 33.9 Å². The number of hydrogen-bond acceptors (Lipinski definition) is 2. The van der Waals surface area contributed by atoms with Crippen molar-refractivity contribution < 1.29 is 9.18 Å². The summed E-state index contributed by atoms with van der Waals surface area (Å²) in [5.74, 6) is 0.0607. The lowest BCUT2D eigenvalue weighted by atomic mass is 9.98. The average molecular weight is 399 g/mol. The molecule has 1 fully saturated rings. The number of halogens is 1. The Morgan fingerprint density at radius 3 is 2.63 bits per heavy atom. The van der Waals surface area contributed by atoms with Gasteiger partial charge in [0.05, 0.1) is 0 Å². The molecule has 1 aliphatic heterocycles. The topological polar surface area (TPSA) is 38.1 Å². The minimum atomic E-state index is -0.222. The van der Waals surface area contributed by atoms with Gasteiger partial charge in [-0.25, -0.2) is 4.39 Å². The average Bonchev–Trinajstić information content (AvgIpc) is 3.41. The molecule has 1 atom stereocenters. The molecule has 0 spiro atoms. The van der Waals surface area contributed by atoms with E-state index in [-0.39, 0.29) is 17.6 Å². The van der Waals surface area contributed by atoms with Gasteiger partial charge in [-0.1, -0.05) is 36.4 Å². The number of pyridine rings is 1. The van der Waals surface area contributed by atoms with E-state index in [0.717, 1.165) is 24.0 Å². The van der Waals surface area contributed by atoms with Crippen molar-refractivity contribution in [2.75, 3.05) is 13.1 Å². The van der Waals surface area contributed by atoms with Gasteiger partial charge in [-0.2, -0.15) is 0 Å². The molecule has 0 bridgehead atoms. The summed E-state index contributed by atoms with van der Waals surface area (Å²) in [5, 5.41) is 1.22. The van der Waals surface area contributed by atoms with Crippen molar-refractivity contribution >= 4 is 16.8 Å². The summed E-state index contributed by atoms with van der Waals surface area (Å²) in [6.07, 6.45) is 4.79. The van der Waals surface area contributed by atoms with Gasteiger partial charge in [-0.3, -0.25) is 9.78 Å². The number of nitrogens with zero attached hydrogens (tertiary/aromatic N) is 3. The largest absolute Gasteiger partial charge is 0.343 e. The van der Waals surface area contributed by atoms with Crippen LogP contribution in [-0.2, 0) is 6.54 Å². The van der Waals surface area contributed by atoms with Crippen LogP contribution in [0.2, 0.25) is 0 Å². The predicted molar refractivity (Wildman–Crippen MR) is 115 cm³/mol. The molecule has 1 saturated heterocycles. The third kappa shape index (κ3) is 3.47. The van der Waals surface area contributed by atoms with Crippen LogP contribution in [0, 0.1) is 5.82 Å². The maximum Gasteiger partial charge on any atom is 0.272 e. The van der Waals surface area contributed by atoms with Gasteiger partial charge in [0.2, 0.25) is 0 Å². The molecule has 1 aliphatic rings. The highest BCUT2D eigenvalue weighted by Gasteiger charge is 2.30. The molecule has 4 aromatic rings. The van der Waals surface area contributed by atoms with Crippen LogP contribution in [0.1, 0.15) is 34.0 Å². The third-order valence-corrected chi connectivity index (χ3v) is 5.88. The summed E-state index contributed by atoms with van der Waals surface area (Å²) in [5.41, 5.74) is 3.98.